The number of amides is 1. The first kappa shape index (κ1) is 14.4. The Labute approximate surface area is 99.8 Å². The van der Waals surface area contributed by atoms with Crippen LogP contribution in [0.15, 0.2) is 18.2 Å². The van der Waals surface area contributed by atoms with Gasteiger partial charge in [0.15, 0.2) is 0 Å². The normalized spacial score (nSPS) is 13.2. The van der Waals surface area contributed by atoms with Crippen molar-refractivity contribution in [2.45, 2.75) is 25.6 Å². The highest BCUT2D eigenvalue weighted by Crippen LogP contribution is 2.30. The molecule has 0 saturated heterocycles. The number of carbonyl (C=O) groups is 1. The van der Waals surface area contributed by atoms with Crippen LogP contribution in [0.2, 0.25) is 0 Å². The van der Waals surface area contributed by atoms with Crippen molar-refractivity contribution in [2.75, 3.05) is 0 Å². The SMILES string of the molecule is CC(=O)NC(CC(F)(F)F)c1ccc(F)cc1F. The molecule has 7 heteroatoms. The zero-order valence-corrected chi connectivity index (χ0v) is 9.31. The number of rotatable bonds is 3. The fourth-order valence-corrected chi connectivity index (χ4v) is 1.50. The quantitative estimate of drug-likeness (QED) is 0.838. The molecule has 1 aromatic rings. The molecule has 0 aliphatic rings. The monoisotopic (exact) mass is 267 g/mol. The second-order valence-corrected chi connectivity index (χ2v) is 3.74. The zero-order valence-electron chi connectivity index (χ0n) is 9.31. The average Bonchev–Trinajstić information content (AvgIpc) is 2.12. The van der Waals surface area contributed by atoms with Gasteiger partial charge in [-0.05, 0) is 6.07 Å². The molecular weight excluding hydrogens is 257 g/mol. The number of alkyl halides is 3. The van der Waals surface area contributed by atoms with Crippen LogP contribution in [0.5, 0.6) is 0 Å². The van der Waals surface area contributed by atoms with Crippen LogP contribution in [-0.2, 0) is 4.79 Å². The van der Waals surface area contributed by atoms with Crippen LogP contribution in [0.1, 0.15) is 24.9 Å². The van der Waals surface area contributed by atoms with Crippen LogP contribution in [0, 0.1) is 11.6 Å². The predicted octanol–water partition coefficient (Wildman–Crippen LogP) is 3.09. The molecule has 1 N–H and O–H groups in total. The van der Waals surface area contributed by atoms with Gasteiger partial charge in [0.2, 0.25) is 5.91 Å². The van der Waals surface area contributed by atoms with E-state index in [0.717, 1.165) is 19.1 Å². The largest absolute Gasteiger partial charge is 0.391 e. The highest BCUT2D eigenvalue weighted by atomic mass is 19.4. The number of halogens is 5. The minimum absolute atomic E-state index is 0.399. The van der Waals surface area contributed by atoms with Gasteiger partial charge in [-0.1, -0.05) is 6.07 Å². The van der Waals surface area contributed by atoms with Crippen LogP contribution < -0.4 is 5.32 Å². The van der Waals surface area contributed by atoms with E-state index in [2.05, 4.69) is 0 Å². The summed E-state index contributed by atoms with van der Waals surface area (Å²) in [5.74, 6) is -2.75. The lowest BCUT2D eigenvalue weighted by Gasteiger charge is -2.20. The van der Waals surface area contributed by atoms with Crippen LogP contribution in [0.4, 0.5) is 22.0 Å². The molecule has 1 rings (SSSR count). The summed E-state index contributed by atoms with van der Waals surface area (Å²) in [5.41, 5.74) is -0.399. The summed E-state index contributed by atoms with van der Waals surface area (Å²) in [6.45, 7) is 1.02. The Kier molecular flexibility index (Phi) is 4.26. The number of hydrogen-bond acceptors (Lipinski definition) is 1. The van der Waals surface area contributed by atoms with Crippen molar-refractivity contribution in [3.63, 3.8) is 0 Å². The first-order valence-electron chi connectivity index (χ1n) is 4.98. The van der Waals surface area contributed by atoms with Gasteiger partial charge < -0.3 is 5.32 Å². The van der Waals surface area contributed by atoms with Gasteiger partial charge in [0.05, 0.1) is 12.5 Å². The average molecular weight is 267 g/mol. The molecule has 0 bridgehead atoms. The molecule has 1 atom stereocenters. The minimum Gasteiger partial charge on any atom is -0.349 e. The van der Waals surface area contributed by atoms with Crippen molar-refractivity contribution >= 4 is 5.91 Å². The van der Waals surface area contributed by atoms with Crippen molar-refractivity contribution in [3.8, 4) is 0 Å². The lowest BCUT2D eigenvalue weighted by Crippen LogP contribution is -2.30. The molecular formula is C11H10F5NO. The molecule has 18 heavy (non-hydrogen) atoms. The van der Waals surface area contributed by atoms with Crippen LogP contribution in [0.25, 0.3) is 0 Å². The van der Waals surface area contributed by atoms with E-state index >= 15 is 0 Å². The van der Waals surface area contributed by atoms with Crippen LogP contribution >= 0.6 is 0 Å². The van der Waals surface area contributed by atoms with Gasteiger partial charge in [0.25, 0.3) is 0 Å². The Bertz CT molecular complexity index is 444. The summed E-state index contributed by atoms with van der Waals surface area (Å²) in [6.07, 6.45) is -6.00. The van der Waals surface area contributed by atoms with Gasteiger partial charge in [-0.2, -0.15) is 13.2 Å². The Balaban J connectivity index is 3.05. The fourth-order valence-electron chi connectivity index (χ4n) is 1.50. The maximum absolute atomic E-state index is 13.4. The van der Waals surface area contributed by atoms with E-state index in [9.17, 15) is 26.7 Å². The molecule has 1 amide bonds. The Morgan fingerprint density at radius 3 is 2.39 bits per heavy atom. The van der Waals surface area contributed by atoms with Gasteiger partial charge in [-0.25, -0.2) is 8.78 Å². The summed E-state index contributed by atoms with van der Waals surface area (Å²) >= 11 is 0. The lowest BCUT2D eigenvalue weighted by molar-refractivity contribution is -0.142. The Morgan fingerprint density at radius 1 is 1.33 bits per heavy atom. The molecule has 0 spiro atoms. The molecule has 0 aromatic heterocycles. The highest BCUT2D eigenvalue weighted by Gasteiger charge is 2.34. The highest BCUT2D eigenvalue weighted by molar-refractivity contribution is 5.73. The maximum Gasteiger partial charge on any atom is 0.391 e. The molecule has 0 heterocycles. The van der Waals surface area contributed by atoms with Gasteiger partial charge in [0, 0.05) is 18.6 Å². The molecule has 100 valence electrons. The molecule has 0 aliphatic carbocycles. The summed E-state index contributed by atoms with van der Waals surface area (Å²) in [5, 5.41) is 1.99. The van der Waals surface area contributed by atoms with Crippen molar-refractivity contribution < 1.29 is 26.7 Å². The van der Waals surface area contributed by atoms with Crippen LogP contribution in [0.3, 0.4) is 0 Å². The number of benzene rings is 1. The second-order valence-electron chi connectivity index (χ2n) is 3.74. The van der Waals surface area contributed by atoms with E-state index in [1.165, 1.54) is 0 Å². The fraction of sp³-hybridized carbons (Fsp3) is 0.364. The Hall–Kier alpha value is -1.66. The smallest absolute Gasteiger partial charge is 0.349 e. The topological polar surface area (TPSA) is 29.1 Å². The van der Waals surface area contributed by atoms with E-state index in [1.54, 1.807) is 0 Å². The van der Waals surface area contributed by atoms with Crippen molar-refractivity contribution in [1.29, 1.82) is 0 Å². The molecule has 2 nitrogen and oxygen atoms in total. The maximum atomic E-state index is 13.4. The molecule has 1 aromatic carbocycles. The molecule has 0 saturated carbocycles. The predicted molar refractivity (Wildman–Crippen MR) is 53.6 cm³/mol. The minimum atomic E-state index is -4.58. The van der Waals surface area contributed by atoms with E-state index in [0.29, 0.717) is 6.07 Å². The van der Waals surface area contributed by atoms with Crippen LogP contribution in [-0.4, -0.2) is 12.1 Å². The second kappa shape index (κ2) is 5.32. The molecule has 0 aliphatic heterocycles. The zero-order chi connectivity index (χ0) is 13.9. The summed E-state index contributed by atoms with van der Waals surface area (Å²) < 4.78 is 62.9. The third-order valence-electron chi connectivity index (χ3n) is 2.15. The Morgan fingerprint density at radius 2 is 1.94 bits per heavy atom. The van der Waals surface area contributed by atoms with Gasteiger partial charge >= 0.3 is 6.18 Å². The van der Waals surface area contributed by atoms with Gasteiger partial charge in [-0.3, -0.25) is 4.79 Å². The van der Waals surface area contributed by atoms with Crippen molar-refractivity contribution in [1.82, 2.24) is 5.32 Å². The van der Waals surface area contributed by atoms with E-state index in [4.69, 9.17) is 0 Å². The first-order valence-corrected chi connectivity index (χ1v) is 4.98. The molecule has 0 fully saturated rings. The summed E-state index contributed by atoms with van der Waals surface area (Å²) in [7, 11) is 0. The summed E-state index contributed by atoms with van der Waals surface area (Å²) in [4.78, 5) is 10.8. The number of hydrogen-bond donors (Lipinski definition) is 1. The van der Waals surface area contributed by atoms with E-state index < -0.39 is 41.7 Å². The molecule has 0 radical (unpaired) electrons. The first-order chi connectivity index (χ1) is 8.19. The van der Waals surface area contributed by atoms with Crippen molar-refractivity contribution in [2.24, 2.45) is 0 Å². The third kappa shape index (κ3) is 4.31. The standard InChI is InChI=1S/C11H10F5NO/c1-6(18)17-10(5-11(14,15)16)8-3-2-7(12)4-9(8)13/h2-4,10H,5H2,1H3,(H,17,18). The number of carbonyl (C=O) groups excluding carboxylic acids is 1. The van der Waals surface area contributed by atoms with Crippen molar-refractivity contribution in [3.05, 3.63) is 35.4 Å². The lowest BCUT2D eigenvalue weighted by atomic mass is 10.0. The summed E-state index contributed by atoms with van der Waals surface area (Å²) in [6, 6.07) is 0.629. The van der Waals surface area contributed by atoms with Gasteiger partial charge in [0.1, 0.15) is 11.6 Å². The number of nitrogens with one attached hydrogen (secondary N) is 1. The molecule has 1 unspecified atom stereocenters. The van der Waals surface area contributed by atoms with E-state index in [-0.39, 0.29) is 0 Å². The van der Waals surface area contributed by atoms with E-state index in [1.807, 2.05) is 5.32 Å². The van der Waals surface area contributed by atoms with Gasteiger partial charge in [-0.15, -0.1) is 0 Å². The third-order valence-corrected chi connectivity index (χ3v) is 2.15.